The summed E-state index contributed by atoms with van der Waals surface area (Å²) in [6, 6.07) is 3.48. The quantitative estimate of drug-likeness (QED) is 0.156. The Kier molecular flexibility index (Phi) is 9.78. The van der Waals surface area contributed by atoms with Gasteiger partial charge in [-0.1, -0.05) is 12.1 Å². The second-order valence-corrected chi connectivity index (χ2v) is 9.42. The second-order valence-electron chi connectivity index (χ2n) is 9.42. The molecule has 2 heterocycles. The molecule has 2 amide bonds. The van der Waals surface area contributed by atoms with Crippen molar-refractivity contribution in [3.05, 3.63) is 51.3 Å². The number of hydrogen-bond acceptors (Lipinski definition) is 9. The van der Waals surface area contributed by atoms with Crippen LogP contribution in [0.25, 0.3) is 0 Å². The predicted octanol–water partition coefficient (Wildman–Crippen LogP) is -0.424. The summed E-state index contributed by atoms with van der Waals surface area (Å²) in [7, 11) is 0. The number of H-pyrrole nitrogens is 1. The van der Waals surface area contributed by atoms with Gasteiger partial charge in [0.15, 0.2) is 0 Å². The number of carboxylic acid groups (broad SMARTS) is 3. The van der Waals surface area contributed by atoms with Gasteiger partial charge in [0.1, 0.15) is 17.9 Å². The third kappa shape index (κ3) is 8.28. The fourth-order valence-electron chi connectivity index (χ4n) is 4.27. The van der Waals surface area contributed by atoms with Crippen molar-refractivity contribution in [2.45, 2.75) is 50.6 Å². The number of carbonyl (C=O) groups is 5. The van der Waals surface area contributed by atoms with Gasteiger partial charge in [-0.25, -0.2) is 9.59 Å². The lowest BCUT2D eigenvalue weighted by atomic mass is 9.91. The van der Waals surface area contributed by atoms with Crippen molar-refractivity contribution >= 4 is 41.5 Å². The molecule has 1 aromatic heterocycles. The lowest BCUT2D eigenvalue weighted by Gasteiger charge is -2.24. The summed E-state index contributed by atoms with van der Waals surface area (Å²) >= 11 is 0. The fourth-order valence-corrected chi connectivity index (χ4v) is 4.27. The Balaban J connectivity index is 1.50. The van der Waals surface area contributed by atoms with Crippen molar-refractivity contribution in [3.8, 4) is 0 Å². The summed E-state index contributed by atoms with van der Waals surface area (Å²) in [6.45, 7) is 0.633. The van der Waals surface area contributed by atoms with Crippen LogP contribution in [0.1, 0.15) is 47.2 Å². The van der Waals surface area contributed by atoms with E-state index < -0.39 is 54.6 Å². The number of nitrogens with two attached hydrogens (primary N) is 1. The van der Waals surface area contributed by atoms with Gasteiger partial charge in [-0.15, -0.1) is 0 Å². The van der Waals surface area contributed by atoms with Gasteiger partial charge in [-0.05, 0) is 49.3 Å². The number of nitrogens with one attached hydrogen (secondary N) is 4. The molecule has 0 radical (unpaired) electrons. The number of nitrogens with zero attached hydrogens (tertiary/aromatic N) is 1. The van der Waals surface area contributed by atoms with E-state index in [1.54, 1.807) is 24.3 Å². The summed E-state index contributed by atoms with van der Waals surface area (Å²) in [5, 5.41) is 34.7. The van der Waals surface area contributed by atoms with Gasteiger partial charge in [-0.3, -0.25) is 24.2 Å². The topological polar surface area (TPSA) is 254 Å². The van der Waals surface area contributed by atoms with Crippen LogP contribution in [0.15, 0.2) is 29.1 Å². The molecule has 0 spiro atoms. The van der Waals surface area contributed by atoms with Crippen molar-refractivity contribution in [1.82, 2.24) is 20.6 Å². The zero-order valence-electron chi connectivity index (χ0n) is 21.3. The van der Waals surface area contributed by atoms with Gasteiger partial charge in [0.05, 0.1) is 12.0 Å². The largest absolute Gasteiger partial charge is 0.481 e. The molecular weight excluding hydrogens is 528 g/mol. The first-order valence-corrected chi connectivity index (χ1v) is 12.4. The Hall–Kier alpha value is -4.95. The molecule has 1 unspecified atom stereocenters. The summed E-state index contributed by atoms with van der Waals surface area (Å²) < 4.78 is 0. The third-order valence-corrected chi connectivity index (χ3v) is 6.42. The van der Waals surface area contributed by atoms with E-state index in [4.69, 9.17) is 15.9 Å². The number of aryl methyl sites for hydroxylation is 1. The Labute approximate surface area is 227 Å². The number of aromatic nitrogens is 2. The van der Waals surface area contributed by atoms with E-state index in [-0.39, 0.29) is 29.4 Å². The molecule has 0 aliphatic carbocycles. The van der Waals surface area contributed by atoms with Crippen LogP contribution in [0.3, 0.4) is 0 Å². The number of rotatable bonds is 13. The van der Waals surface area contributed by atoms with Crippen LogP contribution in [0.2, 0.25) is 0 Å². The fraction of sp³-hybridized carbons (Fsp3) is 0.400. The van der Waals surface area contributed by atoms with E-state index in [1.165, 1.54) is 0 Å². The monoisotopic (exact) mass is 558 g/mol. The average molecular weight is 559 g/mol. The number of carboxylic acids is 3. The number of benzene rings is 1. The maximum absolute atomic E-state index is 12.6. The summed E-state index contributed by atoms with van der Waals surface area (Å²) in [4.78, 5) is 76.8. The highest BCUT2D eigenvalue weighted by molar-refractivity contribution is 5.96. The van der Waals surface area contributed by atoms with E-state index in [9.17, 15) is 33.9 Å². The van der Waals surface area contributed by atoms with Gasteiger partial charge >= 0.3 is 17.9 Å². The molecule has 15 heteroatoms. The number of nitrogen functional groups attached to an aromatic ring is 1. The second kappa shape index (κ2) is 13.2. The number of aromatic amines is 1. The van der Waals surface area contributed by atoms with Crippen LogP contribution < -0.4 is 27.2 Å². The summed E-state index contributed by atoms with van der Waals surface area (Å²) in [5.41, 5.74) is 7.01. The van der Waals surface area contributed by atoms with Crippen molar-refractivity contribution < 1.29 is 39.3 Å². The van der Waals surface area contributed by atoms with E-state index in [2.05, 4.69) is 20.6 Å². The van der Waals surface area contributed by atoms with Gasteiger partial charge in [0.2, 0.25) is 11.9 Å². The van der Waals surface area contributed by atoms with Crippen LogP contribution in [-0.4, -0.2) is 73.6 Å². The van der Waals surface area contributed by atoms with Crippen LogP contribution in [0.4, 0.5) is 11.8 Å². The van der Waals surface area contributed by atoms with E-state index in [0.29, 0.717) is 30.8 Å². The molecule has 2 aromatic rings. The molecule has 15 nitrogen and oxygen atoms in total. The first-order chi connectivity index (χ1) is 18.9. The van der Waals surface area contributed by atoms with E-state index in [0.717, 1.165) is 12.0 Å². The molecule has 3 rings (SSSR count). The standard InChI is InChI=1S/C25H30N6O9/c26-25-30-20-15(22(36)31-25)9-13(11-27-20)2-1-12-3-5-14(6-4-12)21(35)29-16(23(37)38)7-8-18(32)28-17(24(39)40)10-19(33)34/h3-6,13,16-17H,1-2,7-11H2,(H,28,32)(H,29,35)(H,33,34)(H,37,38)(H,39,40)(H4,26,27,30,31,36)/t13?,16-,17+/m0/s1. The molecule has 9 N–H and O–H groups in total. The number of amides is 2. The molecule has 3 atom stereocenters. The predicted molar refractivity (Wildman–Crippen MR) is 140 cm³/mol. The Bertz CT molecular complexity index is 1340. The smallest absolute Gasteiger partial charge is 0.326 e. The van der Waals surface area contributed by atoms with Crippen LogP contribution >= 0.6 is 0 Å². The Morgan fingerprint density at radius 3 is 2.33 bits per heavy atom. The number of fused-ring (bicyclic) bond motifs is 1. The molecule has 0 bridgehead atoms. The van der Waals surface area contributed by atoms with E-state index in [1.807, 2.05) is 5.32 Å². The van der Waals surface area contributed by atoms with Crippen molar-refractivity contribution in [2.24, 2.45) is 5.92 Å². The third-order valence-electron chi connectivity index (χ3n) is 6.42. The zero-order valence-corrected chi connectivity index (χ0v) is 21.3. The minimum atomic E-state index is -1.66. The maximum Gasteiger partial charge on any atom is 0.326 e. The minimum absolute atomic E-state index is 0.0564. The van der Waals surface area contributed by atoms with Crippen LogP contribution in [0, 0.1) is 5.92 Å². The molecule has 0 fully saturated rings. The van der Waals surface area contributed by atoms with Gasteiger partial charge < -0.3 is 37.0 Å². The Morgan fingerprint density at radius 1 is 1.02 bits per heavy atom. The SMILES string of the molecule is Nc1nc2c(c(=O)[nH]1)CC(CCc1ccc(C(=O)N[C@@H](CCC(=O)N[C@H](CC(=O)O)C(=O)O)C(=O)O)cc1)CN2. The summed E-state index contributed by atoms with van der Waals surface area (Å²) in [6.07, 6.45) is 0.366. The highest BCUT2D eigenvalue weighted by atomic mass is 16.4. The molecule has 1 aliphatic heterocycles. The van der Waals surface area contributed by atoms with Crippen molar-refractivity contribution in [2.75, 3.05) is 17.6 Å². The van der Waals surface area contributed by atoms with Gasteiger partial charge in [0.25, 0.3) is 11.5 Å². The van der Waals surface area contributed by atoms with E-state index >= 15 is 0 Å². The molecule has 0 saturated heterocycles. The highest BCUT2D eigenvalue weighted by Gasteiger charge is 2.26. The molecule has 0 saturated carbocycles. The minimum Gasteiger partial charge on any atom is -0.481 e. The van der Waals surface area contributed by atoms with Gasteiger partial charge in [-0.2, -0.15) is 4.98 Å². The van der Waals surface area contributed by atoms with Gasteiger partial charge in [0, 0.05) is 18.5 Å². The molecule has 1 aromatic carbocycles. The average Bonchev–Trinajstić information content (AvgIpc) is 2.89. The van der Waals surface area contributed by atoms with Crippen molar-refractivity contribution in [3.63, 3.8) is 0 Å². The number of anilines is 2. The van der Waals surface area contributed by atoms with Crippen LogP contribution in [-0.2, 0) is 32.0 Å². The highest BCUT2D eigenvalue weighted by Crippen LogP contribution is 2.23. The summed E-state index contributed by atoms with van der Waals surface area (Å²) in [5.74, 6) is -5.15. The van der Waals surface area contributed by atoms with Crippen LogP contribution in [0.5, 0.6) is 0 Å². The first kappa shape index (κ1) is 29.6. The molecular formula is C25H30N6O9. The van der Waals surface area contributed by atoms with Crippen molar-refractivity contribution in [1.29, 1.82) is 0 Å². The lowest BCUT2D eigenvalue weighted by molar-refractivity contribution is -0.147. The maximum atomic E-state index is 12.6. The molecule has 214 valence electrons. The first-order valence-electron chi connectivity index (χ1n) is 12.4. The number of hydrogen-bond donors (Lipinski definition) is 8. The zero-order chi connectivity index (χ0) is 29.4. The molecule has 1 aliphatic rings. The number of aliphatic carboxylic acids is 3. The number of carbonyl (C=O) groups excluding carboxylic acids is 2. The normalized spacial score (nSPS) is 15.6. The lowest BCUT2D eigenvalue weighted by Crippen LogP contribution is -2.44. The molecule has 40 heavy (non-hydrogen) atoms. The Morgan fingerprint density at radius 2 is 1.70 bits per heavy atom.